The molecule has 0 saturated heterocycles. The lowest BCUT2D eigenvalue weighted by Gasteiger charge is -2.13. The van der Waals surface area contributed by atoms with E-state index in [2.05, 4.69) is 33.0 Å². The Morgan fingerprint density at radius 2 is 1.62 bits per heavy atom. The molecule has 0 rings (SSSR count). The summed E-state index contributed by atoms with van der Waals surface area (Å²) >= 11 is 0. The molecule has 0 spiro atoms. The number of rotatable bonds is 5. The third-order valence-electron chi connectivity index (χ3n) is 1.50. The first-order valence-corrected chi connectivity index (χ1v) is 5.20. The van der Waals surface area contributed by atoms with Gasteiger partial charge >= 0.3 is 0 Å². The van der Waals surface area contributed by atoms with Gasteiger partial charge in [-0.1, -0.05) is 41.5 Å². The van der Waals surface area contributed by atoms with Crippen molar-refractivity contribution in [3.05, 3.63) is 0 Å². The summed E-state index contributed by atoms with van der Waals surface area (Å²) in [5.41, 5.74) is 5.40. The molecule has 0 saturated carbocycles. The summed E-state index contributed by atoms with van der Waals surface area (Å²) in [6.07, 6.45) is 3.54. The largest absolute Gasteiger partial charge is 0.330 e. The van der Waals surface area contributed by atoms with Gasteiger partial charge in [0.25, 0.3) is 0 Å². The van der Waals surface area contributed by atoms with E-state index in [-0.39, 0.29) is 7.43 Å². The zero-order valence-corrected chi connectivity index (χ0v) is 9.19. The number of hydrogen-bond acceptors (Lipinski definition) is 2. The Kier molecular flexibility index (Phi) is 25.6. The van der Waals surface area contributed by atoms with E-state index in [1.807, 2.05) is 0 Å². The van der Waals surface area contributed by atoms with Gasteiger partial charge < -0.3 is 11.1 Å². The minimum atomic E-state index is 0. The fourth-order valence-electron chi connectivity index (χ4n) is 0.940. The molecule has 2 heteroatoms. The zero-order valence-electron chi connectivity index (χ0n) is 9.19. The molecule has 0 radical (unpaired) electrons. The Hall–Kier alpha value is -0.0800. The predicted octanol–water partition coefficient (Wildman–Crippen LogP) is 2.78. The van der Waals surface area contributed by atoms with Crippen molar-refractivity contribution < 1.29 is 0 Å². The van der Waals surface area contributed by atoms with Crippen LogP contribution in [0.15, 0.2) is 0 Å². The highest BCUT2D eigenvalue weighted by molar-refractivity contribution is 4.62. The van der Waals surface area contributed by atoms with Crippen LogP contribution in [0.25, 0.3) is 0 Å². The second kappa shape index (κ2) is 17.9. The average molecular weight is 190 g/mol. The van der Waals surface area contributed by atoms with Gasteiger partial charge in [-0.3, -0.25) is 0 Å². The van der Waals surface area contributed by atoms with Gasteiger partial charge in [-0.05, 0) is 25.9 Å². The van der Waals surface area contributed by atoms with Crippen molar-refractivity contribution in [1.82, 2.24) is 5.32 Å². The van der Waals surface area contributed by atoms with E-state index < -0.39 is 0 Å². The summed E-state index contributed by atoms with van der Waals surface area (Å²) in [6.45, 7) is 10.4. The summed E-state index contributed by atoms with van der Waals surface area (Å²) in [5, 5.41) is 3.35. The molecule has 0 bridgehead atoms. The van der Waals surface area contributed by atoms with Crippen LogP contribution in [0.3, 0.4) is 0 Å². The summed E-state index contributed by atoms with van der Waals surface area (Å²) in [5.74, 6) is 0. The van der Waals surface area contributed by atoms with Gasteiger partial charge in [0.15, 0.2) is 0 Å². The van der Waals surface area contributed by atoms with E-state index >= 15 is 0 Å². The molecule has 2 nitrogen and oxygen atoms in total. The first-order valence-electron chi connectivity index (χ1n) is 5.20. The standard InChI is InChI=1S/C7H18N2.C3H8.CH4/c1-3-7(5-6-8)9-4-2;1-3-2;/h7,9H,3-6,8H2,1-2H3;3H2,1-2H3;1H4. The van der Waals surface area contributed by atoms with Crippen molar-refractivity contribution in [3.63, 3.8) is 0 Å². The molecule has 0 aromatic carbocycles. The highest BCUT2D eigenvalue weighted by Crippen LogP contribution is 1.93. The second-order valence-corrected chi connectivity index (χ2v) is 2.95. The molecule has 0 aromatic rings. The van der Waals surface area contributed by atoms with E-state index in [1.54, 1.807) is 0 Å². The fraction of sp³-hybridized carbons (Fsp3) is 1.00. The highest BCUT2D eigenvalue weighted by Gasteiger charge is 1.99. The minimum absolute atomic E-state index is 0. The molecule has 0 aromatic heterocycles. The normalized spacial score (nSPS) is 10.8. The zero-order chi connectivity index (χ0) is 9.82. The third kappa shape index (κ3) is 18.7. The van der Waals surface area contributed by atoms with Crippen LogP contribution in [0.2, 0.25) is 0 Å². The quantitative estimate of drug-likeness (QED) is 0.699. The monoisotopic (exact) mass is 190 g/mol. The maximum Gasteiger partial charge on any atom is 0.00763 e. The highest BCUT2D eigenvalue weighted by atomic mass is 14.9. The molecule has 84 valence electrons. The molecule has 0 fully saturated rings. The molecule has 1 unspecified atom stereocenters. The van der Waals surface area contributed by atoms with E-state index in [4.69, 9.17) is 5.73 Å². The molecule has 0 aliphatic rings. The SMILES string of the molecule is C.CCC.CCNC(CC)CCN. The van der Waals surface area contributed by atoms with Crippen LogP contribution in [-0.2, 0) is 0 Å². The van der Waals surface area contributed by atoms with Gasteiger partial charge in [0, 0.05) is 6.04 Å². The van der Waals surface area contributed by atoms with E-state index in [1.165, 1.54) is 12.8 Å². The van der Waals surface area contributed by atoms with Gasteiger partial charge in [-0.2, -0.15) is 0 Å². The van der Waals surface area contributed by atoms with Gasteiger partial charge in [0.2, 0.25) is 0 Å². The number of nitrogens with two attached hydrogens (primary N) is 1. The van der Waals surface area contributed by atoms with Gasteiger partial charge in [0.05, 0.1) is 0 Å². The van der Waals surface area contributed by atoms with Crippen LogP contribution in [0.5, 0.6) is 0 Å². The predicted molar refractivity (Wildman–Crippen MR) is 64.1 cm³/mol. The molecule has 1 atom stereocenters. The second-order valence-electron chi connectivity index (χ2n) is 2.95. The van der Waals surface area contributed by atoms with Crippen LogP contribution in [0.4, 0.5) is 0 Å². The van der Waals surface area contributed by atoms with Crippen molar-refractivity contribution in [2.45, 2.75) is 60.4 Å². The Morgan fingerprint density at radius 1 is 1.15 bits per heavy atom. The number of hydrogen-bond donors (Lipinski definition) is 2. The van der Waals surface area contributed by atoms with Crippen LogP contribution in [0.1, 0.15) is 54.4 Å². The van der Waals surface area contributed by atoms with Crippen LogP contribution >= 0.6 is 0 Å². The smallest absolute Gasteiger partial charge is 0.00763 e. The lowest BCUT2D eigenvalue weighted by atomic mass is 10.1. The van der Waals surface area contributed by atoms with Crippen molar-refractivity contribution in [2.75, 3.05) is 13.1 Å². The van der Waals surface area contributed by atoms with Crippen LogP contribution < -0.4 is 11.1 Å². The van der Waals surface area contributed by atoms with Gasteiger partial charge in [0.1, 0.15) is 0 Å². The van der Waals surface area contributed by atoms with E-state index in [0.29, 0.717) is 6.04 Å². The van der Waals surface area contributed by atoms with Gasteiger partial charge in [-0.25, -0.2) is 0 Å². The van der Waals surface area contributed by atoms with Crippen molar-refractivity contribution >= 4 is 0 Å². The lowest BCUT2D eigenvalue weighted by Crippen LogP contribution is -2.30. The van der Waals surface area contributed by atoms with Crippen molar-refractivity contribution in [3.8, 4) is 0 Å². The molecule has 0 aliphatic heterocycles. The lowest BCUT2D eigenvalue weighted by molar-refractivity contribution is 0.486. The third-order valence-corrected chi connectivity index (χ3v) is 1.50. The maximum absolute atomic E-state index is 5.40. The van der Waals surface area contributed by atoms with E-state index in [0.717, 1.165) is 19.5 Å². The van der Waals surface area contributed by atoms with Crippen LogP contribution in [-0.4, -0.2) is 19.1 Å². The first kappa shape index (κ1) is 18.7. The fourth-order valence-corrected chi connectivity index (χ4v) is 0.940. The molecule has 3 N–H and O–H groups in total. The topological polar surface area (TPSA) is 38.0 Å². The number of nitrogens with one attached hydrogen (secondary N) is 1. The molecule has 0 aliphatic carbocycles. The molecular weight excluding hydrogens is 160 g/mol. The van der Waals surface area contributed by atoms with Crippen molar-refractivity contribution in [1.29, 1.82) is 0 Å². The van der Waals surface area contributed by atoms with Gasteiger partial charge in [-0.15, -0.1) is 0 Å². The maximum atomic E-state index is 5.40. The molecule has 13 heavy (non-hydrogen) atoms. The van der Waals surface area contributed by atoms with Crippen molar-refractivity contribution in [2.24, 2.45) is 5.73 Å². The summed E-state index contributed by atoms with van der Waals surface area (Å²) in [7, 11) is 0. The van der Waals surface area contributed by atoms with Crippen LogP contribution in [0, 0.1) is 0 Å². The molecule has 0 amide bonds. The molecule has 0 heterocycles. The Labute approximate surface area is 85.3 Å². The summed E-state index contributed by atoms with van der Waals surface area (Å²) in [6, 6.07) is 0.639. The first-order chi connectivity index (χ1) is 5.76. The minimum Gasteiger partial charge on any atom is -0.330 e. The Balaban J connectivity index is -0.000000220. The molecular formula is C11H30N2. The average Bonchev–Trinajstić information content (AvgIpc) is 2.05. The Morgan fingerprint density at radius 3 is 1.85 bits per heavy atom. The Bertz CT molecular complexity index is 59.1. The summed E-state index contributed by atoms with van der Waals surface area (Å²) in [4.78, 5) is 0. The van der Waals surface area contributed by atoms with E-state index in [9.17, 15) is 0 Å². The summed E-state index contributed by atoms with van der Waals surface area (Å²) < 4.78 is 0.